The summed E-state index contributed by atoms with van der Waals surface area (Å²) in [5.41, 5.74) is 1.12. The first-order valence-electron chi connectivity index (χ1n) is 8.87. The molecule has 1 heterocycles. The molecule has 0 fully saturated rings. The number of alkyl halides is 6. The van der Waals surface area contributed by atoms with Crippen molar-refractivity contribution in [1.29, 1.82) is 0 Å². The third-order valence-electron chi connectivity index (χ3n) is 4.93. The van der Waals surface area contributed by atoms with Crippen molar-refractivity contribution in [2.45, 2.75) is 37.8 Å². The maximum absolute atomic E-state index is 12.9. The molecular formula is C20H18F6N2O. The molecule has 2 amide bonds. The molecule has 1 N–H and O–H groups in total. The Morgan fingerprint density at radius 1 is 1.03 bits per heavy atom. The zero-order chi connectivity index (χ0) is 21.4. The van der Waals surface area contributed by atoms with E-state index in [1.807, 2.05) is 11.4 Å². The number of fused-ring (bicyclic) bond motifs is 1. The van der Waals surface area contributed by atoms with E-state index in [1.165, 1.54) is 17.0 Å². The highest BCUT2D eigenvalue weighted by Crippen LogP contribution is 2.37. The molecule has 2 aromatic carbocycles. The fourth-order valence-corrected chi connectivity index (χ4v) is 3.35. The average molecular weight is 416 g/mol. The molecule has 156 valence electrons. The molecule has 0 aromatic heterocycles. The molecular weight excluding hydrogens is 398 g/mol. The number of hydrogen-bond donors (Lipinski definition) is 1. The lowest BCUT2D eigenvalue weighted by Crippen LogP contribution is -2.52. The van der Waals surface area contributed by atoms with Gasteiger partial charge in [-0.15, -0.1) is 0 Å². The van der Waals surface area contributed by atoms with Crippen molar-refractivity contribution in [2.24, 2.45) is 0 Å². The Labute approximate surface area is 163 Å². The molecule has 29 heavy (non-hydrogen) atoms. The SMILES string of the molecule is C[C@H](NC(=O)N1CCc2ccccc2[C@@H]1c1ccc(C(F)(F)F)cc1)C(F)(F)F. The summed E-state index contributed by atoms with van der Waals surface area (Å²) in [5.74, 6) is 0. The minimum Gasteiger partial charge on any atom is -0.326 e. The van der Waals surface area contributed by atoms with E-state index in [4.69, 9.17) is 0 Å². The second-order valence-electron chi connectivity index (χ2n) is 6.88. The molecule has 9 heteroatoms. The number of halogens is 6. The smallest absolute Gasteiger partial charge is 0.326 e. The van der Waals surface area contributed by atoms with Crippen molar-refractivity contribution in [3.05, 3.63) is 70.8 Å². The van der Waals surface area contributed by atoms with Crippen molar-refractivity contribution >= 4 is 6.03 Å². The van der Waals surface area contributed by atoms with Gasteiger partial charge in [0.05, 0.1) is 11.6 Å². The summed E-state index contributed by atoms with van der Waals surface area (Å²) in [6, 6.07) is 7.62. The zero-order valence-corrected chi connectivity index (χ0v) is 15.3. The number of benzene rings is 2. The van der Waals surface area contributed by atoms with Gasteiger partial charge in [-0.2, -0.15) is 26.3 Å². The van der Waals surface area contributed by atoms with Crippen molar-refractivity contribution in [3.63, 3.8) is 0 Å². The fourth-order valence-electron chi connectivity index (χ4n) is 3.35. The highest BCUT2D eigenvalue weighted by atomic mass is 19.4. The minimum absolute atomic E-state index is 0.138. The van der Waals surface area contributed by atoms with Crippen LogP contribution < -0.4 is 5.32 Å². The van der Waals surface area contributed by atoms with E-state index in [0.29, 0.717) is 17.5 Å². The lowest BCUT2D eigenvalue weighted by Gasteiger charge is -2.38. The van der Waals surface area contributed by atoms with E-state index in [0.717, 1.165) is 24.6 Å². The third-order valence-corrected chi connectivity index (χ3v) is 4.93. The van der Waals surface area contributed by atoms with E-state index >= 15 is 0 Å². The summed E-state index contributed by atoms with van der Waals surface area (Å²) in [7, 11) is 0. The Hall–Kier alpha value is -2.71. The summed E-state index contributed by atoms with van der Waals surface area (Å²) >= 11 is 0. The Bertz CT molecular complexity index is 876. The number of nitrogens with one attached hydrogen (secondary N) is 1. The largest absolute Gasteiger partial charge is 0.416 e. The third kappa shape index (κ3) is 4.49. The summed E-state index contributed by atoms with van der Waals surface area (Å²) < 4.78 is 77.2. The van der Waals surface area contributed by atoms with Crippen LogP contribution in [0.1, 0.15) is 35.2 Å². The quantitative estimate of drug-likeness (QED) is 0.661. The molecule has 0 aliphatic carbocycles. The van der Waals surface area contributed by atoms with Crippen molar-refractivity contribution in [3.8, 4) is 0 Å². The molecule has 0 unspecified atom stereocenters. The summed E-state index contributed by atoms with van der Waals surface area (Å²) in [6.45, 7) is 0.974. The number of carbonyl (C=O) groups is 1. The van der Waals surface area contributed by atoms with Gasteiger partial charge in [0.15, 0.2) is 0 Å². The Kier molecular flexibility index (Phi) is 5.51. The van der Waals surface area contributed by atoms with Crippen molar-refractivity contribution in [1.82, 2.24) is 10.2 Å². The molecule has 1 aliphatic rings. The van der Waals surface area contributed by atoms with Gasteiger partial charge in [0, 0.05) is 6.54 Å². The van der Waals surface area contributed by atoms with Gasteiger partial charge in [-0.1, -0.05) is 36.4 Å². The second-order valence-corrected chi connectivity index (χ2v) is 6.88. The van der Waals surface area contributed by atoms with Gasteiger partial charge in [-0.05, 0) is 42.2 Å². The number of nitrogens with zero attached hydrogens (tertiary/aromatic N) is 1. The first-order valence-corrected chi connectivity index (χ1v) is 8.87. The van der Waals surface area contributed by atoms with Crippen LogP contribution in [0.25, 0.3) is 0 Å². The van der Waals surface area contributed by atoms with Gasteiger partial charge in [-0.25, -0.2) is 4.79 Å². The topological polar surface area (TPSA) is 32.3 Å². The van der Waals surface area contributed by atoms with Crippen LogP contribution in [-0.2, 0) is 12.6 Å². The molecule has 2 aromatic rings. The van der Waals surface area contributed by atoms with Crippen molar-refractivity contribution in [2.75, 3.05) is 6.54 Å². The van der Waals surface area contributed by atoms with E-state index in [9.17, 15) is 31.1 Å². The average Bonchev–Trinajstić information content (AvgIpc) is 2.65. The van der Waals surface area contributed by atoms with Crippen LogP contribution in [0, 0.1) is 0 Å². The van der Waals surface area contributed by atoms with Gasteiger partial charge in [0.25, 0.3) is 0 Å². The number of hydrogen-bond acceptors (Lipinski definition) is 1. The maximum Gasteiger partial charge on any atom is 0.416 e. The molecule has 3 nitrogen and oxygen atoms in total. The summed E-state index contributed by atoms with van der Waals surface area (Å²) in [5, 5.41) is 1.94. The minimum atomic E-state index is -4.60. The zero-order valence-electron chi connectivity index (χ0n) is 15.3. The molecule has 1 aliphatic heterocycles. The fraction of sp³-hybridized carbons (Fsp3) is 0.350. The van der Waals surface area contributed by atoms with Crippen LogP contribution in [0.15, 0.2) is 48.5 Å². The normalized spacial score (nSPS) is 18.2. The van der Waals surface area contributed by atoms with Crippen LogP contribution in [0.2, 0.25) is 0 Å². The lowest BCUT2D eigenvalue weighted by molar-refractivity contribution is -0.149. The molecule has 0 saturated carbocycles. The van der Waals surface area contributed by atoms with E-state index in [1.54, 1.807) is 18.2 Å². The first-order chi connectivity index (χ1) is 13.5. The number of amides is 2. The number of urea groups is 1. The van der Waals surface area contributed by atoms with E-state index in [2.05, 4.69) is 0 Å². The van der Waals surface area contributed by atoms with E-state index < -0.39 is 36.0 Å². The first kappa shape index (κ1) is 21.0. The van der Waals surface area contributed by atoms with Gasteiger partial charge in [-0.3, -0.25) is 0 Å². The molecule has 0 radical (unpaired) electrons. The van der Waals surface area contributed by atoms with Crippen LogP contribution in [0.5, 0.6) is 0 Å². The summed E-state index contributed by atoms with van der Waals surface area (Å²) in [4.78, 5) is 13.8. The number of carbonyl (C=O) groups excluding carboxylic acids is 1. The van der Waals surface area contributed by atoms with Gasteiger partial charge >= 0.3 is 18.4 Å². The van der Waals surface area contributed by atoms with E-state index in [-0.39, 0.29) is 6.54 Å². The molecule has 0 bridgehead atoms. The molecule has 2 atom stereocenters. The summed E-state index contributed by atoms with van der Waals surface area (Å²) in [6.07, 6.45) is -8.68. The highest BCUT2D eigenvalue weighted by Gasteiger charge is 2.40. The predicted octanol–water partition coefficient (Wildman–Crippen LogP) is 5.31. The molecule has 0 spiro atoms. The second kappa shape index (κ2) is 7.61. The predicted molar refractivity (Wildman–Crippen MR) is 94.2 cm³/mol. The molecule has 3 rings (SSSR count). The Morgan fingerprint density at radius 2 is 1.66 bits per heavy atom. The van der Waals surface area contributed by atoms with Gasteiger partial charge in [0.2, 0.25) is 0 Å². The lowest BCUT2D eigenvalue weighted by atomic mass is 9.88. The van der Waals surface area contributed by atoms with Gasteiger partial charge in [0.1, 0.15) is 6.04 Å². The van der Waals surface area contributed by atoms with Crippen LogP contribution in [-0.4, -0.2) is 29.7 Å². The monoisotopic (exact) mass is 416 g/mol. The molecule has 0 saturated heterocycles. The standard InChI is InChI=1S/C20H18F6N2O/c1-12(19(21,22)23)27-18(29)28-11-10-13-4-2-3-5-16(13)17(28)14-6-8-15(9-7-14)20(24,25)26/h2-9,12,17H,10-11H2,1H3,(H,27,29)/t12-,17-/m0/s1. The maximum atomic E-state index is 12.9. The Morgan fingerprint density at radius 3 is 2.24 bits per heavy atom. The number of rotatable bonds is 2. The highest BCUT2D eigenvalue weighted by molar-refractivity contribution is 5.76. The van der Waals surface area contributed by atoms with Gasteiger partial charge < -0.3 is 10.2 Å². The van der Waals surface area contributed by atoms with Crippen LogP contribution in [0.3, 0.4) is 0 Å². The van der Waals surface area contributed by atoms with Crippen LogP contribution in [0.4, 0.5) is 31.1 Å². The Balaban J connectivity index is 1.97. The van der Waals surface area contributed by atoms with Crippen LogP contribution >= 0.6 is 0 Å². The van der Waals surface area contributed by atoms with Crippen molar-refractivity contribution < 1.29 is 31.1 Å².